The molecule has 2 aromatic rings. The highest BCUT2D eigenvalue weighted by atomic mass is 32.2. The summed E-state index contributed by atoms with van der Waals surface area (Å²) < 4.78 is 45.8. The largest absolute Gasteiger partial charge is 0.377 e. The highest BCUT2D eigenvalue weighted by molar-refractivity contribution is 7.89. The fourth-order valence-corrected chi connectivity index (χ4v) is 4.08. The van der Waals surface area contributed by atoms with Gasteiger partial charge < -0.3 is 10.1 Å². The van der Waals surface area contributed by atoms with E-state index >= 15 is 0 Å². The predicted molar refractivity (Wildman–Crippen MR) is 103 cm³/mol. The molecule has 3 rings (SSSR count). The summed E-state index contributed by atoms with van der Waals surface area (Å²) in [7, 11) is -3.72. The zero-order valence-electron chi connectivity index (χ0n) is 15.4. The molecule has 0 aliphatic carbocycles. The molecule has 1 saturated heterocycles. The van der Waals surface area contributed by atoms with Crippen LogP contribution in [0.15, 0.2) is 53.4 Å². The van der Waals surface area contributed by atoms with Gasteiger partial charge in [-0.3, -0.25) is 4.79 Å². The van der Waals surface area contributed by atoms with Gasteiger partial charge in [0.15, 0.2) is 0 Å². The van der Waals surface area contributed by atoms with Crippen molar-refractivity contribution in [2.75, 3.05) is 19.7 Å². The van der Waals surface area contributed by atoms with E-state index in [1.54, 1.807) is 18.2 Å². The highest BCUT2D eigenvalue weighted by Crippen LogP contribution is 2.14. The van der Waals surface area contributed by atoms with Gasteiger partial charge in [0.1, 0.15) is 5.82 Å². The summed E-state index contributed by atoms with van der Waals surface area (Å²) in [6.45, 7) is 1.23. The SMILES string of the molecule is O=C(NCCc1ccc(F)cc1)c1cccc(S(=O)(=O)NCC2CCCO2)c1. The monoisotopic (exact) mass is 406 g/mol. The molecule has 2 N–H and O–H groups in total. The lowest BCUT2D eigenvalue weighted by Crippen LogP contribution is -2.32. The molecule has 0 aromatic heterocycles. The number of ether oxygens (including phenoxy) is 1. The second-order valence-corrected chi connectivity index (χ2v) is 8.41. The predicted octanol–water partition coefficient (Wildman–Crippen LogP) is 2.26. The van der Waals surface area contributed by atoms with Crippen LogP contribution in [0.2, 0.25) is 0 Å². The molecule has 0 bridgehead atoms. The summed E-state index contributed by atoms with van der Waals surface area (Å²) >= 11 is 0. The number of nitrogens with one attached hydrogen (secondary N) is 2. The molecule has 1 fully saturated rings. The van der Waals surface area contributed by atoms with E-state index in [2.05, 4.69) is 10.0 Å². The van der Waals surface area contributed by atoms with Gasteiger partial charge in [0.2, 0.25) is 10.0 Å². The van der Waals surface area contributed by atoms with E-state index in [0.29, 0.717) is 19.6 Å². The Hall–Kier alpha value is -2.29. The Balaban J connectivity index is 1.56. The van der Waals surface area contributed by atoms with Crippen LogP contribution in [0.3, 0.4) is 0 Å². The average Bonchev–Trinajstić information content (AvgIpc) is 3.22. The third kappa shape index (κ3) is 5.60. The molecule has 0 radical (unpaired) electrons. The number of benzene rings is 2. The second kappa shape index (κ2) is 9.27. The summed E-state index contributed by atoms with van der Waals surface area (Å²) in [6.07, 6.45) is 2.21. The molecule has 1 aliphatic heterocycles. The van der Waals surface area contributed by atoms with E-state index in [1.165, 1.54) is 30.3 Å². The minimum Gasteiger partial charge on any atom is -0.377 e. The normalized spacial score (nSPS) is 16.8. The van der Waals surface area contributed by atoms with Gasteiger partial charge >= 0.3 is 0 Å². The molecule has 0 spiro atoms. The van der Waals surface area contributed by atoms with E-state index < -0.39 is 10.0 Å². The first-order valence-electron chi connectivity index (χ1n) is 9.18. The van der Waals surface area contributed by atoms with E-state index in [4.69, 9.17) is 4.74 Å². The first kappa shape index (κ1) is 20.4. The molecule has 1 heterocycles. The molecule has 6 nitrogen and oxygen atoms in total. The number of amides is 1. The molecule has 0 saturated carbocycles. The number of sulfonamides is 1. The first-order chi connectivity index (χ1) is 13.4. The standard InChI is InChI=1S/C20H23FN2O4S/c21-17-8-6-15(7-9-17)10-11-22-20(24)16-3-1-5-19(13-16)28(25,26)23-14-18-4-2-12-27-18/h1,3,5-9,13,18,23H,2,4,10-12,14H2,(H,22,24). The van der Waals surface area contributed by atoms with Crippen molar-refractivity contribution in [3.05, 3.63) is 65.5 Å². The summed E-state index contributed by atoms with van der Waals surface area (Å²) in [5.41, 5.74) is 1.16. The summed E-state index contributed by atoms with van der Waals surface area (Å²) in [5.74, 6) is -0.669. The number of hydrogen-bond acceptors (Lipinski definition) is 4. The lowest BCUT2D eigenvalue weighted by molar-refractivity contribution is 0.0954. The molecular weight excluding hydrogens is 383 g/mol. The molecule has 2 aromatic carbocycles. The summed E-state index contributed by atoms with van der Waals surface area (Å²) in [5, 5.41) is 2.75. The zero-order chi connectivity index (χ0) is 20.0. The third-order valence-corrected chi connectivity index (χ3v) is 5.97. The lowest BCUT2D eigenvalue weighted by Gasteiger charge is -2.12. The van der Waals surface area contributed by atoms with Crippen molar-refractivity contribution < 1.29 is 22.3 Å². The van der Waals surface area contributed by atoms with Crippen molar-refractivity contribution in [3.8, 4) is 0 Å². The Bertz CT molecular complexity index is 910. The van der Waals surface area contributed by atoms with E-state index in [0.717, 1.165) is 18.4 Å². The fraction of sp³-hybridized carbons (Fsp3) is 0.350. The van der Waals surface area contributed by atoms with Gasteiger partial charge in [-0.1, -0.05) is 18.2 Å². The molecule has 1 unspecified atom stereocenters. The maximum Gasteiger partial charge on any atom is 0.251 e. The molecule has 1 amide bonds. The first-order valence-corrected chi connectivity index (χ1v) is 10.7. The molecule has 8 heteroatoms. The Morgan fingerprint density at radius 1 is 1.18 bits per heavy atom. The van der Waals surface area contributed by atoms with Crippen LogP contribution in [0, 0.1) is 5.82 Å². The van der Waals surface area contributed by atoms with Crippen molar-refractivity contribution in [2.24, 2.45) is 0 Å². The maximum absolute atomic E-state index is 12.9. The van der Waals surface area contributed by atoms with E-state index in [1.807, 2.05) is 0 Å². The van der Waals surface area contributed by atoms with Crippen LogP contribution >= 0.6 is 0 Å². The van der Waals surface area contributed by atoms with Crippen LogP contribution in [0.4, 0.5) is 4.39 Å². The maximum atomic E-state index is 12.9. The smallest absolute Gasteiger partial charge is 0.251 e. The van der Waals surface area contributed by atoms with Crippen LogP contribution < -0.4 is 10.0 Å². The minimum absolute atomic E-state index is 0.0386. The molecule has 1 aliphatic rings. The number of hydrogen-bond donors (Lipinski definition) is 2. The van der Waals surface area contributed by atoms with Gasteiger partial charge in [-0.05, 0) is 55.2 Å². The zero-order valence-corrected chi connectivity index (χ0v) is 16.2. The van der Waals surface area contributed by atoms with Crippen molar-refractivity contribution in [1.82, 2.24) is 10.0 Å². The summed E-state index contributed by atoms with van der Waals surface area (Å²) in [4.78, 5) is 12.4. The van der Waals surface area contributed by atoms with Crippen molar-refractivity contribution in [3.63, 3.8) is 0 Å². The van der Waals surface area contributed by atoms with Crippen LogP contribution in [0.1, 0.15) is 28.8 Å². The molecule has 1 atom stereocenters. The van der Waals surface area contributed by atoms with Gasteiger partial charge in [-0.15, -0.1) is 0 Å². The minimum atomic E-state index is -3.72. The Morgan fingerprint density at radius 2 is 1.96 bits per heavy atom. The molecular formula is C20H23FN2O4S. The Kier molecular flexibility index (Phi) is 6.77. The van der Waals surface area contributed by atoms with Gasteiger partial charge in [0, 0.05) is 25.3 Å². The summed E-state index contributed by atoms with van der Waals surface area (Å²) in [6, 6.07) is 12.0. The highest BCUT2D eigenvalue weighted by Gasteiger charge is 2.21. The molecule has 28 heavy (non-hydrogen) atoms. The van der Waals surface area contributed by atoms with Gasteiger partial charge in [0.05, 0.1) is 11.0 Å². The quantitative estimate of drug-likeness (QED) is 0.704. The fourth-order valence-electron chi connectivity index (χ4n) is 2.97. The van der Waals surface area contributed by atoms with Crippen molar-refractivity contribution >= 4 is 15.9 Å². The third-order valence-electron chi connectivity index (χ3n) is 4.54. The van der Waals surface area contributed by atoms with Gasteiger partial charge in [-0.2, -0.15) is 0 Å². The Morgan fingerprint density at radius 3 is 2.68 bits per heavy atom. The van der Waals surface area contributed by atoms with Gasteiger partial charge in [0.25, 0.3) is 5.91 Å². The van der Waals surface area contributed by atoms with Crippen LogP contribution in [0.5, 0.6) is 0 Å². The number of halogens is 1. The van der Waals surface area contributed by atoms with E-state index in [9.17, 15) is 17.6 Å². The van der Waals surface area contributed by atoms with Crippen LogP contribution in [0.25, 0.3) is 0 Å². The average molecular weight is 406 g/mol. The topological polar surface area (TPSA) is 84.5 Å². The van der Waals surface area contributed by atoms with E-state index in [-0.39, 0.29) is 34.8 Å². The molecule has 150 valence electrons. The van der Waals surface area contributed by atoms with Crippen LogP contribution in [-0.4, -0.2) is 40.1 Å². The Labute approximate surface area is 164 Å². The number of rotatable bonds is 8. The van der Waals surface area contributed by atoms with Crippen molar-refractivity contribution in [2.45, 2.75) is 30.3 Å². The van der Waals surface area contributed by atoms with Crippen LogP contribution in [-0.2, 0) is 21.2 Å². The second-order valence-electron chi connectivity index (χ2n) is 6.65. The number of carbonyl (C=O) groups excluding carboxylic acids is 1. The number of carbonyl (C=O) groups is 1. The van der Waals surface area contributed by atoms with Gasteiger partial charge in [-0.25, -0.2) is 17.5 Å². The van der Waals surface area contributed by atoms with Crippen molar-refractivity contribution in [1.29, 1.82) is 0 Å². The lowest BCUT2D eigenvalue weighted by atomic mass is 10.1.